The van der Waals surface area contributed by atoms with Crippen molar-refractivity contribution in [3.8, 4) is 0 Å². The number of hydrogen-bond donors (Lipinski definition) is 1. The van der Waals surface area contributed by atoms with Gasteiger partial charge in [0.2, 0.25) is 5.56 Å². The summed E-state index contributed by atoms with van der Waals surface area (Å²) < 4.78 is 0. The molecule has 0 bridgehead atoms. The van der Waals surface area contributed by atoms with Gasteiger partial charge in [-0.1, -0.05) is 30.3 Å². The third-order valence-electron chi connectivity index (χ3n) is 5.08. The summed E-state index contributed by atoms with van der Waals surface area (Å²) in [6, 6.07) is 16.8. The molecule has 1 N–H and O–H groups in total. The van der Waals surface area contributed by atoms with Gasteiger partial charge in [-0.15, -0.1) is 0 Å². The summed E-state index contributed by atoms with van der Waals surface area (Å²) in [5, 5.41) is 0.763. The fraction of sp³-hybridized carbons (Fsp3) is 0.238. The summed E-state index contributed by atoms with van der Waals surface area (Å²) in [6.45, 7) is 2.93. The molecule has 0 fully saturated rings. The maximum Gasteiger partial charge on any atom is 0.259 e. The minimum Gasteiger partial charge on any atom is -0.373 e. The Morgan fingerprint density at radius 2 is 1.77 bits per heavy atom. The Morgan fingerprint density at radius 3 is 2.58 bits per heavy atom. The average Bonchev–Trinajstić information content (AvgIpc) is 2.77. The molecule has 0 saturated carbocycles. The van der Waals surface area contributed by atoms with Crippen molar-refractivity contribution in [3.05, 3.63) is 70.5 Å². The smallest absolute Gasteiger partial charge is 0.259 e. The van der Waals surface area contributed by atoms with E-state index in [1.807, 2.05) is 60.5 Å². The summed E-state index contributed by atoms with van der Waals surface area (Å²) in [7, 11) is 2.04. The number of carbonyl (C=O) groups excluding carboxylic acids is 1. The van der Waals surface area contributed by atoms with Gasteiger partial charge in [0.15, 0.2) is 0 Å². The van der Waals surface area contributed by atoms with Gasteiger partial charge in [-0.25, -0.2) is 0 Å². The number of hydrogen-bond acceptors (Lipinski definition) is 3. The number of H-pyrrole nitrogens is 1. The van der Waals surface area contributed by atoms with Crippen LogP contribution < -0.4 is 15.4 Å². The molecule has 0 saturated heterocycles. The van der Waals surface area contributed by atoms with Crippen molar-refractivity contribution in [2.45, 2.75) is 19.4 Å². The Hall–Kier alpha value is -3.08. The zero-order valence-electron chi connectivity index (χ0n) is 14.9. The number of rotatable bonds is 1. The Kier molecular flexibility index (Phi) is 3.99. The van der Waals surface area contributed by atoms with Gasteiger partial charge in [-0.05, 0) is 31.5 Å². The Bertz CT molecular complexity index is 1040. The van der Waals surface area contributed by atoms with Crippen molar-refractivity contribution in [1.82, 2.24) is 4.98 Å². The zero-order chi connectivity index (χ0) is 18.3. The van der Waals surface area contributed by atoms with Gasteiger partial charge >= 0.3 is 0 Å². The monoisotopic (exact) mass is 347 g/mol. The van der Waals surface area contributed by atoms with E-state index in [1.54, 1.807) is 0 Å². The van der Waals surface area contributed by atoms with E-state index in [4.69, 9.17) is 0 Å². The molecular formula is C21H21N3O2. The molecule has 26 heavy (non-hydrogen) atoms. The molecule has 0 spiro atoms. The molecular weight excluding hydrogens is 326 g/mol. The highest BCUT2D eigenvalue weighted by molar-refractivity contribution is 6.14. The van der Waals surface area contributed by atoms with E-state index in [1.165, 1.54) is 6.07 Å². The molecule has 1 aliphatic heterocycles. The van der Waals surface area contributed by atoms with Crippen molar-refractivity contribution < 1.29 is 4.79 Å². The second-order valence-electron chi connectivity index (χ2n) is 6.82. The summed E-state index contributed by atoms with van der Waals surface area (Å²) >= 11 is 0. The van der Waals surface area contributed by atoms with Crippen LogP contribution in [0.5, 0.6) is 0 Å². The largest absolute Gasteiger partial charge is 0.373 e. The van der Waals surface area contributed by atoms with E-state index in [2.05, 4.69) is 16.8 Å². The molecule has 2 heterocycles. The Morgan fingerprint density at radius 1 is 1.08 bits per heavy atom. The van der Waals surface area contributed by atoms with Crippen LogP contribution in [-0.4, -0.2) is 30.5 Å². The van der Waals surface area contributed by atoms with Gasteiger partial charge in [0.1, 0.15) is 0 Å². The van der Waals surface area contributed by atoms with Gasteiger partial charge in [-0.2, -0.15) is 0 Å². The molecule has 3 aromatic rings. The first-order chi connectivity index (χ1) is 12.6. The van der Waals surface area contributed by atoms with Crippen LogP contribution in [0.2, 0.25) is 0 Å². The lowest BCUT2D eigenvalue weighted by atomic mass is 10.1. The highest BCUT2D eigenvalue weighted by atomic mass is 16.2. The van der Waals surface area contributed by atoms with Gasteiger partial charge in [-0.3, -0.25) is 9.59 Å². The van der Waals surface area contributed by atoms with Crippen LogP contribution >= 0.6 is 0 Å². The number of nitrogens with zero attached hydrogens (tertiary/aromatic N) is 2. The number of para-hydroxylation sites is 3. The highest BCUT2D eigenvalue weighted by Crippen LogP contribution is 2.35. The first-order valence-corrected chi connectivity index (χ1v) is 8.82. The number of pyridine rings is 1. The molecule has 5 nitrogen and oxygen atoms in total. The number of carbonyl (C=O) groups is 1. The van der Waals surface area contributed by atoms with E-state index in [9.17, 15) is 9.59 Å². The summed E-state index contributed by atoms with van der Waals surface area (Å²) in [4.78, 5) is 32.5. The number of aromatic amines is 1. The first-order valence-electron chi connectivity index (χ1n) is 8.82. The van der Waals surface area contributed by atoms with Crippen molar-refractivity contribution in [2.24, 2.45) is 0 Å². The van der Waals surface area contributed by atoms with E-state index in [0.29, 0.717) is 11.1 Å². The van der Waals surface area contributed by atoms with Crippen LogP contribution in [-0.2, 0) is 0 Å². The predicted molar refractivity (Wildman–Crippen MR) is 105 cm³/mol. The van der Waals surface area contributed by atoms with Crippen LogP contribution in [0.3, 0.4) is 0 Å². The second kappa shape index (κ2) is 6.33. The standard InChI is InChI=1S/C21H21N3O2/c1-14-11-12-23(2)18-9-5-6-10-19(18)24(14)21(26)16-13-20(25)22-17-8-4-3-7-15(16)17/h3-10,13-14H,11-12H2,1-2H3,(H,22,25). The van der Waals surface area contributed by atoms with Gasteiger partial charge in [0.25, 0.3) is 5.91 Å². The van der Waals surface area contributed by atoms with Crippen LogP contribution in [0.1, 0.15) is 23.7 Å². The normalized spacial score (nSPS) is 17.1. The average molecular weight is 347 g/mol. The summed E-state index contributed by atoms with van der Waals surface area (Å²) in [5.41, 5.74) is 2.76. The topological polar surface area (TPSA) is 56.4 Å². The SMILES string of the molecule is CC1CCN(C)c2ccccc2N1C(=O)c1cc(=O)[nH]c2ccccc12. The summed E-state index contributed by atoms with van der Waals surface area (Å²) in [5.74, 6) is -0.137. The molecule has 1 unspecified atom stereocenters. The quantitative estimate of drug-likeness (QED) is 0.734. The maximum atomic E-state index is 13.6. The maximum absolute atomic E-state index is 13.6. The lowest BCUT2D eigenvalue weighted by Crippen LogP contribution is -2.39. The minimum atomic E-state index is -0.264. The van der Waals surface area contributed by atoms with E-state index in [-0.39, 0.29) is 17.5 Å². The fourth-order valence-corrected chi connectivity index (χ4v) is 3.68. The Labute approximate surface area is 151 Å². The third-order valence-corrected chi connectivity index (χ3v) is 5.08. The van der Waals surface area contributed by atoms with Gasteiger partial charge < -0.3 is 14.8 Å². The fourth-order valence-electron chi connectivity index (χ4n) is 3.68. The zero-order valence-corrected chi connectivity index (χ0v) is 14.9. The summed E-state index contributed by atoms with van der Waals surface area (Å²) in [6.07, 6.45) is 0.859. The van der Waals surface area contributed by atoms with Crippen molar-refractivity contribution in [2.75, 3.05) is 23.4 Å². The van der Waals surface area contributed by atoms with Crippen molar-refractivity contribution in [1.29, 1.82) is 0 Å². The highest BCUT2D eigenvalue weighted by Gasteiger charge is 2.30. The van der Waals surface area contributed by atoms with Gasteiger partial charge in [0.05, 0.1) is 16.9 Å². The van der Waals surface area contributed by atoms with Crippen molar-refractivity contribution in [3.63, 3.8) is 0 Å². The van der Waals surface area contributed by atoms with Gasteiger partial charge in [0, 0.05) is 36.6 Å². The lowest BCUT2D eigenvalue weighted by Gasteiger charge is -2.29. The molecule has 0 radical (unpaired) electrons. The lowest BCUT2D eigenvalue weighted by molar-refractivity contribution is 0.0979. The number of amides is 1. The molecule has 1 atom stereocenters. The van der Waals surface area contributed by atoms with E-state index >= 15 is 0 Å². The van der Waals surface area contributed by atoms with Crippen LogP contribution in [0, 0.1) is 0 Å². The predicted octanol–water partition coefficient (Wildman–Crippen LogP) is 3.40. The van der Waals surface area contributed by atoms with Crippen LogP contribution in [0.25, 0.3) is 10.9 Å². The number of anilines is 2. The number of fused-ring (bicyclic) bond motifs is 2. The minimum absolute atomic E-state index is 0.0339. The molecule has 2 aromatic carbocycles. The number of aromatic nitrogens is 1. The van der Waals surface area contributed by atoms with E-state index in [0.717, 1.165) is 29.7 Å². The van der Waals surface area contributed by atoms with Crippen molar-refractivity contribution >= 4 is 28.2 Å². The number of benzene rings is 2. The molecule has 1 aromatic heterocycles. The third kappa shape index (κ3) is 2.65. The molecule has 5 heteroatoms. The van der Waals surface area contributed by atoms with Crippen LogP contribution in [0.15, 0.2) is 59.4 Å². The van der Waals surface area contributed by atoms with E-state index < -0.39 is 0 Å². The van der Waals surface area contributed by atoms with Crippen LogP contribution in [0.4, 0.5) is 11.4 Å². The molecule has 4 rings (SSSR count). The molecule has 1 aliphatic rings. The molecule has 0 aliphatic carbocycles. The Balaban J connectivity index is 1.91. The first kappa shape index (κ1) is 16.4. The second-order valence-corrected chi connectivity index (χ2v) is 6.82. The number of nitrogens with one attached hydrogen (secondary N) is 1. The molecule has 1 amide bonds. The molecule has 132 valence electrons.